The van der Waals surface area contributed by atoms with Gasteiger partial charge in [0.15, 0.2) is 0 Å². The molecular weight excluding hydrogens is 496 g/mol. The molecule has 2 fully saturated rings. The van der Waals surface area contributed by atoms with E-state index in [2.05, 4.69) is 59.5 Å². The molecule has 3 aliphatic rings. The normalized spacial score (nSPS) is 22.6. The lowest BCUT2D eigenvalue weighted by Crippen LogP contribution is -2.48. The largest absolute Gasteiger partial charge is 0.508 e. The Bertz CT molecular complexity index is 1260. The molecule has 3 aromatic carbocycles. The fourth-order valence-electron chi connectivity index (χ4n) is 6.75. The standard InChI is InChI=1S/C32H35ClN2O3/c33-21-30(37)35-18-14-32(15-19-35)12-16-34(17-13-32)25-8-6-24(7-9-25)31-27-11-10-26(36)20-29(27)38-22-28(31)23-4-2-1-3-5-23/h1-11,20,28,31,36H,12-19,21-22H2/t28-,31-/m1/s1. The first kappa shape index (κ1) is 25.1. The Morgan fingerprint density at radius 3 is 2.26 bits per heavy atom. The van der Waals surface area contributed by atoms with Crippen molar-refractivity contribution in [3.63, 3.8) is 0 Å². The Morgan fingerprint density at radius 2 is 1.58 bits per heavy atom. The molecule has 38 heavy (non-hydrogen) atoms. The van der Waals surface area contributed by atoms with E-state index in [1.165, 1.54) is 29.7 Å². The second-order valence-electron chi connectivity index (χ2n) is 11.1. The van der Waals surface area contributed by atoms with Crippen LogP contribution in [0.4, 0.5) is 5.69 Å². The Labute approximate surface area is 230 Å². The van der Waals surface area contributed by atoms with Crippen molar-refractivity contribution in [2.45, 2.75) is 37.5 Å². The molecule has 3 aromatic rings. The number of anilines is 1. The van der Waals surface area contributed by atoms with Crippen molar-refractivity contribution in [3.05, 3.63) is 89.5 Å². The van der Waals surface area contributed by atoms with Gasteiger partial charge in [-0.25, -0.2) is 0 Å². The Hall–Kier alpha value is -3.18. The Kier molecular flexibility index (Phi) is 6.96. The number of phenolic OH excluding ortho intramolecular Hbond substituents is 1. The molecule has 0 saturated carbocycles. The Balaban J connectivity index is 1.19. The first-order chi connectivity index (χ1) is 18.5. The fraction of sp³-hybridized carbons (Fsp3) is 0.406. The van der Waals surface area contributed by atoms with Gasteiger partial charge in [0.25, 0.3) is 0 Å². The quantitative estimate of drug-likeness (QED) is 0.411. The van der Waals surface area contributed by atoms with Crippen LogP contribution in [-0.2, 0) is 4.79 Å². The number of hydrogen-bond acceptors (Lipinski definition) is 4. The highest BCUT2D eigenvalue weighted by molar-refractivity contribution is 6.27. The molecule has 0 aromatic heterocycles. The number of aromatic hydroxyl groups is 1. The third kappa shape index (κ3) is 4.84. The zero-order chi connectivity index (χ0) is 26.1. The zero-order valence-electron chi connectivity index (χ0n) is 21.7. The molecule has 0 bridgehead atoms. The number of benzene rings is 3. The number of rotatable bonds is 4. The van der Waals surface area contributed by atoms with Gasteiger partial charge in [-0.3, -0.25) is 4.79 Å². The fourth-order valence-corrected chi connectivity index (χ4v) is 6.91. The number of halogens is 1. The number of alkyl halides is 1. The van der Waals surface area contributed by atoms with E-state index in [9.17, 15) is 9.90 Å². The summed E-state index contributed by atoms with van der Waals surface area (Å²) in [7, 11) is 0. The number of piperidine rings is 2. The van der Waals surface area contributed by atoms with Crippen molar-refractivity contribution < 1.29 is 14.6 Å². The first-order valence-electron chi connectivity index (χ1n) is 13.7. The van der Waals surface area contributed by atoms with E-state index in [0.29, 0.717) is 12.0 Å². The number of likely N-dealkylation sites (tertiary alicyclic amines) is 1. The van der Waals surface area contributed by atoms with Gasteiger partial charge in [-0.05, 0) is 60.4 Å². The van der Waals surface area contributed by atoms with E-state index >= 15 is 0 Å². The van der Waals surface area contributed by atoms with E-state index in [1.807, 2.05) is 11.0 Å². The molecule has 1 spiro atoms. The van der Waals surface area contributed by atoms with E-state index in [4.69, 9.17) is 16.3 Å². The van der Waals surface area contributed by atoms with Crippen LogP contribution in [0.3, 0.4) is 0 Å². The molecular formula is C32H35ClN2O3. The molecule has 0 aliphatic carbocycles. The van der Waals surface area contributed by atoms with Crippen LogP contribution in [0.15, 0.2) is 72.8 Å². The summed E-state index contributed by atoms with van der Waals surface area (Å²) in [6.45, 7) is 4.36. The first-order valence-corrected chi connectivity index (χ1v) is 14.3. The van der Waals surface area contributed by atoms with Crippen LogP contribution in [0.1, 0.15) is 54.2 Å². The van der Waals surface area contributed by atoms with E-state index in [-0.39, 0.29) is 29.4 Å². The minimum Gasteiger partial charge on any atom is -0.508 e. The number of fused-ring (bicyclic) bond motifs is 1. The van der Waals surface area contributed by atoms with Crippen LogP contribution in [0.5, 0.6) is 11.5 Å². The average molecular weight is 531 g/mol. The molecule has 3 heterocycles. The van der Waals surface area contributed by atoms with E-state index < -0.39 is 0 Å². The molecule has 1 amide bonds. The van der Waals surface area contributed by atoms with Gasteiger partial charge in [-0.2, -0.15) is 0 Å². The predicted octanol–water partition coefficient (Wildman–Crippen LogP) is 6.15. The molecule has 1 N–H and O–H groups in total. The minimum atomic E-state index is 0.0671. The summed E-state index contributed by atoms with van der Waals surface area (Å²) in [5.74, 6) is 1.51. The molecule has 2 saturated heterocycles. The number of carbonyl (C=O) groups is 1. The Morgan fingerprint density at radius 1 is 0.895 bits per heavy atom. The SMILES string of the molecule is O=C(CCl)N1CCC2(CC1)CCN(c1ccc([C@@H]3c4ccc(O)cc4OC[C@@H]3c3ccccc3)cc1)CC2. The molecule has 5 nitrogen and oxygen atoms in total. The number of hydrogen-bond donors (Lipinski definition) is 1. The van der Waals surface area contributed by atoms with Gasteiger partial charge >= 0.3 is 0 Å². The van der Waals surface area contributed by atoms with Gasteiger partial charge in [0.05, 0.1) is 6.61 Å². The monoisotopic (exact) mass is 530 g/mol. The third-order valence-corrected chi connectivity index (χ3v) is 9.34. The van der Waals surface area contributed by atoms with Gasteiger partial charge in [0.2, 0.25) is 5.91 Å². The predicted molar refractivity (Wildman–Crippen MR) is 151 cm³/mol. The third-order valence-electron chi connectivity index (χ3n) is 9.11. The topological polar surface area (TPSA) is 53.0 Å². The van der Waals surface area contributed by atoms with Crippen molar-refractivity contribution in [2.75, 3.05) is 43.6 Å². The molecule has 3 aliphatic heterocycles. The van der Waals surface area contributed by atoms with Crippen LogP contribution >= 0.6 is 11.6 Å². The van der Waals surface area contributed by atoms with Crippen molar-refractivity contribution >= 4 is 23.2 Å². The van der Waals surface area contributed by atoms with Crippen molar-refractivity contribution in [1.82, 2.24) is 4.90 Å². The summed E-state index contributed by atoms with van der Waals surface area (Å²) >= 11 is 5.77. The summed E-state index contributed by atoms with van der Waals surface area (Å²) in [5, 5.41) is 10.0. The highest BCUT2D eigenvalue weighted by Gasteiger charge is 2.39. The van der Waals surface area contributed by atoms with Gasteiger partial charge < -0.3 is 19.6 Å². The van der Waals surface area contributed by atoms with Crippen molar-refractivity contribution in [2.24, 2.45) is 5.41 Å². The van der Waals surface area contributed by atoms with Crippen LogP contribution in [-0.4, -0.2) is 54.6 Å². The van der Waals surface area contributed by atoms with Gasteiger partial charge in [0.1, 0.15) is 17.4 Å². The number of amides is 1. The molecule has 6 rings (SSSR count). The van der Waals surface area contributed by atoms with Crippen LogP contribution in [0, 0.1) is 5.41 Å². The lowest BCUT2D eigenvalue weighted by Gasteiger charge is -2.47. The molecule has 198 valence electrons. The molecule has 2 atom stereocenters. The van der Waals surface area contributed by atoms with Crippen molar-refractivity contribution in [1.29, 1.82) is 0 Å². The smallest absolute Gasteiger partial charge is 0.237 e. The lowest BCUT2D eigenvalue weighted by molar-refractivity contribution is -0.131. The lowest BCUT2D eigenvalue weighted by atomic mass is 9.71. The maximum atomic E-state index is 12.0. The van der Waals surface area contributed by atoms with Gasteiger partial charge in [-0.1, -0.05) is 48.5 Å². The summed E-state index contributed by atoms with van der Waals surface area (Å²) in [4.78, 5) is 16.4. The van der Waals surface area contributed by atoms with Crippen LogP contribution in [0.2, 0.25) is 0 Å². The van der Waals surface area contributed by atoms with Crippen LogP contribution < -0.4 is 9.64 Å². The molecule has 6 heteroatoms. The minimum absolute atomic E-state index is 0.0671. The number of carbonyl (C=O) groups excluding carboxylic acids is 1. The van der Waals surface area contributed by atoms with Crippen LogP contribution in [0.25, 0.3) is 0 Å². The van der Waals surface area contributed by atoms with Crippen molar-refractivity contribution in [3.8, 4) is 11.5 Å². The second kappa shape index (κ2) is 10.5. The summed E-state index contributed by atoms with van der Waals surface area (Å²) in [6, 6.07) is 25.2. The summed E-state index contributed by atoms with van der Waals surface area (Å²) in [6.07, 6.45) is 4.51. The second-order valence-corrected chi connectivity index (χ2v) is 11.4. The number of phenols is 1. The van der Waals surface area contributed by atoms with Gasteiger partial charge in [-0.15, -0.1) is 11.6 Å². The molecule has 0 unspecified atom stereocenters. The van der Waals surface area contributed by atoms with E-state index in [0.717, 1.165) is 50.3 Å². The highest BCUT2D eigenvalue weighted by Crippen LogP contribution is 2.47. The summed E-state index contributed by atoms with van der Waals surface area (Å²) < 4.78 is 6.13. The maximum absolute atomic E-state index is 12.0. The number of nitrogens with zero attached hydrogens (tertiary/aromatic N) is 2. The van der Waals surface area contributed by atoms with Gasteiger partial charge in [0, 0.05) is 55.3 Å². The number of ether oxygens (including phenoxy) is 1. The summed E-state index contributed by atoms with van der Waals surface area (Å²) in [5.41, 5.74) is 5.28. The maximum Gasteiger partial charge on any atom is 0.237 e. The zero-order valence-corrected chi connectivity index (χ0v) is 22.4. The molecule has 0 radical (unpaired) electrons. The van der Waals surface area contributed by atoms with E-state index in [1.54, 1.807) is 12.1 Å². The highest BCUT2D eigenvalue weighted by atomic mass is 35.5. The average Bonchev–Trinajstić information content (AvgIpc) is 2.97.